The zero-order chi connectivity index (χ0) is 43.8. The van der Waals surface area contributed by atoms with Gasteiger partial charge in [-0.1, -0.05) is 237 Å². The Morgan fingerprint density at radius 3 is 1.37 bits per heavy atom. The van der Waals surface area contributed by atoms with Gasteiger partial charge in [0.2, 0.25) is 5.91 Å². The molecule has 0 radical (unpaired) electrons. The topological polar surface area (TPSA) is 95.9 Å². The van der Waals surface area contributed by atoms with Crippen molar-refractivity contribution < 1.29 is 24.5 Å². The lowest BCUT2D eigenvalue weighted by Gasteiger charge is -2.24. The number of esters is 1. The molecule has 0 aliphatic carbocycles. The van der Waals surface area contributed by atoms with Crippen molar-refractivity contribution in [3.05, 3.63) is 36.5 Å². The number of hydrogen-bond donors (Lipinski definition) is 3. The molecule has 0 heterocycles. The average Bonchev–Trinajstić information content (AvgIpc) is 3.24. The van der Waals surface area contributed by atoms with Crippen LogP contribution in [-0.4, -0.2) is 46.9 Å². The lowest BCUT2D eigenvalue weighted by atomic mass is 10.0. The molecule has 0 spiro atoms. The number of amides is 1. The van der Waals surface area contributed by atoms with Crippen LogP contribution in [0.1, 0.15) is 271 Å². The molecule has 0 aliphatic heterocycles. The Labute approximate surface area is 373 Å². The summed E-state index contributed by atoms with van der Waals surface area (Å²) in [6.45, 7) is 6.38. The number of unbranched alkanes of at least 4 members (excludes halogenated alkanes) is 29. The van der Waals surface area contributed by atoms with Gasteiger partial charge < -0.3 is 20.3 Å². The Morgan fingerprint density at radius 2 is 0.900 bits per heavy atom. The van der Waals surface area contributed by atoms with E-state index < -0.39 is 18.2 Å². The molecule has 0 saturated carbocycles. The Hall–Kier alpha value is -1.92. The first kappa shape index (κ1) is 58.1. The Morgan fingerprint density at radius 1 is 0.500 bits per heavy atom. The van der Waals surface area contributed by atoms with Crippen molar-refractivity contribution in [1.82, 2.24) is 5.32 Å². The van der Waals surface area contributed by atoms with Crippen molar-refractivity contribution in [1.29, 1.82) is 0 Å². The monoisotopic (exact) mass is 844 g/mol. The van der Waals surface area contributed by atoms with E-state index in [2.05, 4.69) is 62.5 Å². The van der Waals surface area contributed by atoms with Crippen LogP contribution in [0.2, 0.25) is 0 Å². The second kappa shape index (κ2) is 48.1. The molecular formula is C54H101NO5. The number of carbonyl (C=O) groups is 2. The fraction of sp³-hybridized carbons (Fsp3) is 0.852. The summed E-state index contributed by atoms with van der Waals surface area (Å²) < 4.78 is 5.92. The van der Waals surface area contributed by atoms with Crippen molar-refractivity contribution in [2.75, 3.05) is 6.61 Å². The molecule has 0 aromatic rings. The molecule has 6 nitrogen and oxygen atoms in total. The largest absolute Gasteiger partial charge is 0.462 e. The quantitative estimate of drug-likeness (QED) is 0.0322. The molecular weight excluding hydrogens is 743 g/mol. The third-order valence-electron chi connectivity index (χ3n) is 12.0. The van der Waals surface area contributed by atoms with E-state index in [1.807, 2.05) is 0 Å². The van der Waals surface area contributed by atoms with Crippen LogP contribution in [-0.2, 0) is 14.3 Å². The van der Waals surface area contributed by atoms with Crippen LogP contribution < -0.4 is 5.32 Å². The first-order chi connectivity index (χ1) is 29.5. The van der Waals surface area contributed by atoms with Crippen molar-refractivity contribution in [3.8, 4) is 0 Å². The summed E-state index contributed by atoms with van der Waals surface area (Å²) in [5, 5.41) is 23.8. The zero-order valence-electron chi connectivity index (χ0n) is 40.1. The lowest BCUT2D eigenvalue weighted by molar-refractivity contribution is -0.151. The van der Waals surface area contributed by atoms with Crippen LogP contribution in [0.25, 0.3) is 0 Å². The van der Waals surface area contributed by atoms with Gasteiger partial charge in [-0.3, -0.25) is 9.59 Å². The first-order valence-corrected chi connectivity index (χ1v) is 26.2. The second-order valence-electron chi connectivity index (χ2n) is 17.9. The fourth-order valence-corrected chi connectivity index (χ4v) is 8.03. The molecule has 60 heavy (non-hydrogen) atoms. The summed E-state index contributed by atoms with van der Waals surface area (Å²) in [6.07, 6.45) is 56.3. The normalized spacial score (nSPS) is 13.5. The van der Waals surface area contributed by atoms with E-state index in [-0.39, 0.29) is 24.9 Å². The van der Waals surface area contributed by atoms with Crippen molar-refractivity contribution >= 4 is 11.9 Å². The molecule has 6 heteroatoms. The summed E-state index contributed by atoms with van der Waals surface area (Å²) in [6, 6.07) is -0.706. The molecule has 3 atom stereocenters. The molecule has 0 aromatic carbocycles. The number of hydrogen-bond acceptors (Lipinski definition) is 5. The molecule has 0 aliphatic rings. The summed E-state index contributed by atoms with van der Waals surface area (Å²) in [4.78, 5) is 26.1. The summed E-state index contributed by atoms with van der Waals surface area (Å²) in [5.41, 5.74) is 0. The van der Waals surface area contributed by atoms with Gasteiger partial charge in [0.15, 0.2) is 0 Å². The third kappa shape index (κ3) is 42.8. The van der Waals surface area contributed by atoms with Crippen LogP contribution in [0, 0.1) is 0 Å². The zero-order valence-corrected chi connectivity index (χ0v) is 40.1. The van der Waals surface area contributed by atoms with Crippen LogP contribution in [0.15, 0.2) is 36.5 Å². The third-order valence-corrected chi connectivity index (χ3v) is 12.0. The SMILES string of the molecule is CC/C=C/C/C=C/C/C=C/CCCCCCC(CC(=O)NC(CO)C(O)CCCCCCCCCCCCCCCCC)OC(=O)CCCCCCCCCCCCCC. The van der Waals surface area contributed by atoms with Crippen molar-refractivity contribution in [2.45, 2.75) is 289 Å². The molecule has 0 aromatic heterocycles. The highest BCUT2D eigenvalue weighted by molar-refractivity contribution is 5.77. The lowest BCUT2D eigenvalue weighted by Crippen LogP contribution is -2.46. The fourth-order valence-electron chi connectivity index (χ4n) is 8.03. The molecule has 1 amide bonds. The first-order valence-electron chi connectivity index (χ1n) is 26.2. The van der Waals surface area contributed by atoms with E-state index in [0.717, 1.165) is 83.5 Å². The van der Waals surface area contributed by atoms with Crippen LogP contribution in [0.5, 0.6) is 0 Å². The minimum atomic E-state index is -0.791. The summed E-state index contributed by atoms with van der Waals surface area (Å²) in [5.74, 6) is -0.485. The van der Waals surface area contributed by atoms with Crippen molar-refractivity contribution in [3.63, 3.8) is 0 Å². The highest BCUT2D eigenvalue weighted by Crippen LogP contribution is 2.18. The molecule has 352 valence electrons. The molecule has 0 rings (SSSR count). The molecule has 3 unspecified atom stereocenters. The highest BCUT2D eigenvalue weighted by Gasteiger charge is 2.24. The van der Waals surface area contributed by atoms with E-state index in [4.69, 9.17) is 4.74 Å². The predicted octanol–water partition coefficient (Wildman–Crippen LogP) is 15.7. The molecule has 0 saturated heterocycles. The van der Waals surface area contributed by atoms with Gasteiger partial charge in [-0.2, -0.15) is 0 Å². The molecule has 0 fully saturated rings. The molecule has 0 bridgehead atoms. The highest BCUT2D eigenvalue weighted by atomic mass is 16.5. The van der Waals surface area contributed by atoms with Gasteiger partial charge in [-0.25, -0.2) is 0 Å². The Balaban J connectivity index is 4.56. The number of aliphatic hydroxyl groups excluding tert-OH is 2. The number of aliphatic hydroxyl groups is 2. The smallest absolute Gasteiger partial charge is 0.306 e. The Kier molecular flexibility index (Phi) is 46.6. The summed E-state index contributed by atoms with van der Waals surface area (Å²) in [7, 11) is 0. The maximum atomic E-state index is 13.2. The van der Waals surface area contributed by atoms with Gasteiger partial charge in [0, 0.05) is 6.42 Å². The number of nitrogens with one attached hydrogen (secondary N) is 1. The second-order valence-corrected chi connectivity index (χ2v) is 17.9. The molecule has 3 N–H and O–H groups in total. The van der Waals surface area contributed by atoms with Gasteiger partial charge in [-0.15, -0.1) is 0 Å². The number of carbonyl (C=O) groups excluding carboxylic acids is 2. The van der Waals surface area contributed by atoms with Gasteiger partial charge in [0.05, 0.1) is 25.2 Å². The predicted molar refractivity (Wildman–Crippen MR) is 259 cm³/mol. The number of rotatable bonds is 47. The maximum absolute atomic E-state index is 13.2. The minimum Gasteiger partial charge on any atom is -0.462 e. The van der Waals surface area contributed by atoms with Gasteiger partial charge in [0.1, 0.15) is 6.10 Å². The van der Waals surface area contributed by atoms with E-state index in [1.165, 1.54) is 141 Å². The van der Waals surface area contributed by atoms with Gasteiger partial charge >= 0.3 is 5.97 Å². The van der Waals surface area contributed by atoms with Crippen LogP contribution >= 0.6 is 0 Å². The van der Waals surface area contributed by atoms with E-state index in [1.54, 1.807) is 0 Å². The van der Waals surface area contributed by atoms with E-state index >= 15 is 0 Å². The number of allylic oxidation sites excluding steroid dienone is 6. The van der Waals surface area contributed by atoms with Crippen LogP contribution in [0.3, 0.4) is 0 Å². The summed E-state index contributed by atoms with van der Waals surface area (Å²) >= 11 is 0. The standard InChI is InChI=1S/C54H101NO5/c1-4-7-10-13-16-19-22-25-27-29-31-34-37-40-43-46-52(57)51(49-56)55-53(58)48-50(45-42-39-36-33-30-28-26-23-20-17-14-11-8-5-2)60-54(59)47-44-41-38-35-32-24-21-18-15-12-9-6-3/h8,11,17,20,26,28,50-52,56-57H,4-7,9-10,12-16,18-19,21-25,27,29-49H2,1-3H3,(H,55,58)/b11-8+,20-17+,28-26+. The maximum Gasteiger partial charge on any atom is 0.306 e. The van der Waals surface area contributed by atoms with Gasteiger partial charge in [-0.05, 0) is 57.8 Å². The van der Waals surface area contributed by atoms with Crippen LogP contribution in [0.4, 0.5) is 0 Å². The van der Waals surface area contributed by atoms with E-state index in [0.29, 0.717) is 19.3 Å². The van der Waals surface area contributed by atoms with Crippen molar-refractivity contribution in [2.24, 2.45) is 0 Å². The minimum absolute atomic E-state index is 0.0663. The van der Waals surface area contributed by atoms with Gasteiger partial charge in [0.25, 0.3) is 0 Å². The van der Waals surface area contributed by atoms with E-state index in [9.17, 15) is 19.8 Å². The Bertz CT molecular complexity index is 993. The average molecular weight is 844 g/mol. The number of ether oxygens (including phenoxy) is 1.